The van der Waals surface area contributed by atoms with Gasteiger partial charge in [0.2, 0.25) is 0 Å². The van der Waals surface area contributed by atoms with Gasteiger partial charge in [0.05, 0.1) is 39.0 Å². The summed E-state index contributed by atoms with van der Waals surface area (Å²) in [5, 5.41) is 5.64. The van der Waals surface area contributed by atoms with E-state index in [-0.39, 0.29) is 0 Å². The molecule has 0 radical (unpaired) electrons. The second-order valence-corrected chi connectivity index (χ2v) is 16.9. The Labute approximate surface area is 351 Å². The smallest absolute Gasteiger partial charge is 0.0972 e. The van der Waals surface area contributed by atoms with E-state index < -0.39 is 5.41 Å². The second kappa shape index (κ2) is 12.8. The zero-order valence-electron chi connectivity index (χ0n) is 32.3. The zero-order valence-corrected chi connectivity index (χ0v) is 33.1. The minimum atomic E-state index is -0.465. The number of pyridine rings is 3. The maximum atomic E-state index is 5.53. The summed E-state index contributed by atoms with van der Waals surface area (Å²) in [6.45, 7) is 0. The molecule has 1 aliphatic heterocycles. The van der Waals surface area contributed by atoms with E-state index in [1.165, 1.54) is 48.6 Å². The van der Waals surface area contributed by atoms with Crippen LogP contribution in [0.4, 0.5) is 0 Å². The molecule has 1 aliphatic carbocycles. The van der Waals surface area contributed by atoms with Crippen LogP contribution in [0, 0.1) is 0 Å². The minimum absolute atomic E-state index is 0.465. The highest BCUT2D eigenvalue weighted by molar-refractivity contribution is 7.99. The summed E-state index contributed by atoms with van der Waals surface area (Å²) in [5.74, 6) is 0. The zero-order chi connectivity index (χ0) is 39.4. The fourth-order valence-electron chi connectivity index (χ4n) is 10.1. The molecule has 1 spiro atoms. The predicted molar refractivity (Wildman–Crippen MR) is 248 cm³/mol. The van der Waals surface area contributed by atoms with Gasteiger partial charge < -0.3 is 0 Å². The number of rotatable bonds is 3. The van der Waals surface area contributed by atoms with Crippen molar-refractivity contribution in [3.05, 3.63) is 222 Å². The third-order valence-corrected chi connectivity index (χ3v) is 13.9. The van der Waals surface area contributed by atoms with E-state index in [4.69, 9.17) is 15.0 Å². The van der Waals surface area contributed by atoms with Crippen LogP contribution in [0.5, 0.6) is 0 Å². The van der Waals surface area contributed by atoms with E-state index in [1.807, 2.05) is 17.8 Å². The molecule has 3 nitrogen and oxygen atoms in total. The van der Waals surface area contributed by atoms with Gasteiger partial charge in [-0.2, -0.15) is 0 Å². The Morgan fingerprint density at radius 2 is 0.933 bits per heavy atom. The standard InChI is InChI=1S/C56H33N3S/c1-3-13-34(14-4-1)46-31-26-36-23-24-37-27-32-47(58-55(37)54(36)57-46)38-25-28-40-48(33-38)59-53(35-15-5-2-6-16-35)41-29-30-45-52(51(40)41)39-17-7-8-18-42(39)56(45)43-19-9-11-21-49(43)60-50-22-12-10-20-44(50)56/h1-33H. The number of nitrogens with zero attached hydrogens (tertiary/aromatic N) is 3. The Balaban J connectivity index is 1.09. The number of fused-ring (bicyclic) bond motifs is 16. The molecule has 0 unspecified atom stereocenters. The van der Waals surface area contributed by atoms with Gasteiger partial charge in [-0.05, 0) is 63.7 Å². The van der Waals surface area contributed by atoms with Crippen molar-refractivity contribution in [2.45, 2.75) is 15.2 Å². The van der Waals surface area contributed by atoms with E-state index >= 15 is 0 Å². The van der Waals surface area contributed by atoms with Crippen molar-refractivity contribution in [2.75, 3.05) is 0 Å². The number of aromatic nitrogens is 3. The highest BCUT2D eigenvalue weighted by Crippen LogP contribution is 2.63. The lowest BCUT2D eigenvalue weighted by Crippen LogP contribution is -2.31. The first-order valence-corrected chi connectivity index (χ1v) is 21.3. The summed E-state index contributed by atoms with van der Waals surface area (Å²) in [6.07, 6.45) is 0. The molecule has 0 amide bonds. The summed E-state index contributed by atoms with van der Waals surface area (Å²) < 4.78 is 0. The van der Waals surface area contributed by atoms with Crippen molar-refractivity contribution in [3.8, 4) is 44.9 Å². The lowest BCUT2D eigenvalue weighted by atomic mass is 9.67. The molecule has 0 saturated heterocycles. The molecule has 2 aliphatic rings. The average molecular weight is 780 g/mol. The SMILES string of the molecule is c1ccc(-c2ccc3ccc4ccc(-c5ccc6c(c5)nc(-c5ccccc5)c5ccc7c(c56)-c5ccccc5C75c6ccccc6Sc6ccccc65)nc4c3n2)cc1. The third kappa shape index (κ3) is 4.71. The van der Waals surface area contributed by atoms with Crippen molar-refractivity contribution in [3.63, 3.8) is 0 Å². The number of hydrogen-bond donors (Lipinski definition) is 0. The molecular weight excluding hydrogens is 747 g/mol. The molecule has 3 aromatic heterocycles. The van der Waals surface area contributed by atoms with Crippen LogP contribution in [-0.2, 0) is 5.41 Å². The Morgan fingerprint density at radius 3 is 1.62 bits per heavy atom. The Hall–Kier alpha value is -7.40. The van der Waals surface area contributed by atoms with Gasteiger partial charge in [0.25, 0.3) is 0 Å². The van der Waals surface area contributed by atoms with Gasteiger partial charge in [0.15, 0.2) is 0 Å². The average Bonchev–Trinajstić information content (AvgIpc) is 3.62. The van der Waals surface area contributed by atoms with Crippen LogP contribution in [0.1, 0.15) is 22.3 Å². The van der Waals surface area contributed by atoms with Crippen LogP contribution in [-0.4, -0.2) is 15.0 Å². The highest BCUT2D eigenvalue weighted by atomic mass is 32.2. The van der Waals surface area contributed by atoms with E-state index in [0.717, 1.165) is 71.9 Å². The molecule has 4 heteroatoms. The second-order valence-electron chi connectivity index (χ2n) is 15.8. The molecule has 11 aromatic rings. The molecule has 13 rings (SSSR count). The van der Waals surface area contributed by atoms with Crippen molar-refractivity contribution < 1.29 is 0 Å². The Kier molecular flexibility index (Phi) is 7.16. The summed E-state index contributed by atoms with van der Waals surface area (Å²) in [5.41, 5.74) is 16.2. The monoisotopic (exact) mass is 779 g/mol. The largest absolute Gasteiger partial charge is 0.247 e. The lowest BCUT2D eigenvalue weighted by Gasteiger charge is -2.39. The van der Waals surface area contributed by atoms with Crippen LogP contribution in [0.15, 0.2) is 210 Å². The summed E-state index contributed by atoms with van der Waals surface area (Å²) in [4.78, 5) is 18.7. The van der Waals surface area contributed by atoms with Gasteiger partial charge in [-0.3, -0.25) is 0 Å². The number of benzene rings is 8. The topological polar surface area (TPSA) is 38.7 Å². The van der Waals surface area contributed by atoms with E-state index in [9.17, 15) is 0 Å². The van der Waals surface area contributed by atoms with Crippen LogP contribution >= 0.6 is 11.8 Å². The van der Waals surface area contributed by atoms with Crippen LogP contribution in [0.2, 0.25) is 0 Å². The van der Waals surface area contributed by atoms with Crippen LogP contribution in [0.3, 0.4) is 0 Å². The molecule has 0 bridgehead atoms. The third-order valence-electron chi connectivity index (χ3n) is 12.7. The quantitative estimate of drug-likeness (QED) is 0.167. The number of hydrogen-bond acceptors (Lipinski definition) is 4. The van der Waals surface area contributed by atoms with Gasteiger partial charge in [0.1, 0.15) is 0 Å². The fraction of sp³-hybridized carbons (Fsp3) is 0.0179. The predicted octanol–water partition coefficient (Wildman–Crippen LogP) is 14.3. The minimum Gasteiger partial charge on any atom is -0.247 e. The lowest BCUT2D eigenvalue weighted by molar-refractivity contribution is 0.723. The molecule has 0 atom stereocenters. The Morgan fingerprint density at radius 1 is 0.383 bits per heavy atom. The maximum absolute atomic E-state index is 5.53. The first-order valence-electron chi connectivity index (χ1n) is 20.4. The van der Waals surface area contributed by atoms with E-state index in [2.05, 4.69) is 194 Å². The van der Waals surface area contributed by atoms with Crippen molar-refractivity contribution >= 4 is 55.2 Å². The molecular formula is C56H33N3S. The first kappa shape index (κ1) is 33.6. The summed E-state index contributed by atoms with van der Waals surface area (Å²) in [7, 11) is 0. The summed E-state index contributed by atoms with van der Waals surface area (Å²) in [6, 6.07) is 72.4. The first-order chi connectivity index (χ1) is 29.7. The van der Waals surface area contributed by atoms with Crippen molar-refractivity contribution in [2.24, 2.45) is 0 Å². The molecule has 8 aromatic carbocycles. The van der Waals surface area contributed by atoms with Gasteiger partial charge in [-0.15, -0.1) is 0 Å². The van der Waals surface area contributed by atoms with Gasteiger partial charge in [-0.25, -0.2) is 15.0 Å². The molecule has 60 heavy (non-hydrogen) atoms. The van der Waals surface area contributed by atoms with E-state index in [1.54, 1.807) is 0 Å². The van der Waals surface area contributed by atoms with Gasteiger partial charge in [0, 0.05) is 53.4 Å². The molecule has 0 fully saturated rings. The fourth-order valence-corrected chi connectivity index (χ4v) is 11.3. The highest BCUT2D eigenvalue weighted by Gasteiger charge is 2.50. The molecule has 278 valence electrons. The van der Waals surface area contributed by atoms with Crippen molar-refractivity contribution in [1.29, 1.82) is 0 Å². The van der Waals surface area contributed by atoms with E-state index in [0.29, 0.717) is 0 Å². The molecule has 0 saturated carbocycles. The van der Waals surface area contributed by atoms with Crippen LogP contribution in [0.25, 0.3) is 88.4 Å². The molecule has 4 heterocycles. The van der Waals surface area contributed by atoms with Gasteiger partial charge in [-0.1, -0.05) is 182 Å². The molecule has 0 N–H and O–H groups in total. The maximum Gasteiger partial charge on any atom is 0.0972 e. The summed E-state index contributed by atoms with van der Waals surface area (Å²) >= 11 is 1.88. The van der Waals surface area contributed by atoms with Crippen LogP contribution < -0.4 is 0 Å². The van der Waals surface area contributed by atoms with Gasteiger partial charge >= 0.3 is 0 Å². The Bertz CT molecular complexity index is 3530. The van der Waals surface area contributed by atoms with Crippen molar-refractivity contribution in [1.82, 2.24) is 15.0 Å². The normalized spacial score (nSPS) is 13.4.